The van der Waals surface area contributed by atoms with Crippen LogP contribution in [-0.4, -0.2) is 71.7 Å². The summed E-state index contributed by atoms with van der Waals surface area (Å²) in [7, 11) is 0. The normalized spacial score (nSPS) is 10.9. The Morgan fingerprint density at radius 1 is 0.627 bits per heavy atom. The number of carbonyl (C=O) groups is 7. The van der Waals surface area contributed by atoms with Crippen molar-refractivity contribution in [2.45, 2.75) is 32.4 Å². The van der Waals surface area contributed by atoms with E-state index in [2.05, 4.69) is 39.7 Å². The lowest BCUT2D eigenvalue weighted by Crippen LogP contribution is -2.46. The van der Waals surface area contributed by atoms with Crippen LogP contribution in [0.4, 0.5) is 28.4 Å². The third kappa shape index (κ3) is 13.7. The zero-order valence-corrected chi connectivity index (χ0v) is 36.2. The first-order valence-electron chi connectivity index (χ1n) is 20.3. The van der Waals surface area contributed by atoms with Crippen LogP contribution in [0.3, 0.4) is 0 Å². The molecule has 0 saturated carbocycles. The fourth-order valence-electron chi connectivity index (χ4n) is 6.01. The number of ether oxygens (including phenoxy) is 3. The van der Waals surface area contributed by atoms with Crippen molar-refractivity contribution < 1.29 is 52.7 Å². The second kappa shape index (κ2) is 23.0. The van der Waals surface area contributed by atoms with Crippen LogP contribution in [0.25, 0.3) is 0 Å². The molecule has 6 amide bonds. The molecule has 5 rings (SSSR count). The van der Waals surface area contributed by atoms with Crippen molar-refractivity contribution in [3.63, 3.8) is 0 Å². The molecule has 0 bridgehead atoms. The molecule has 67 heavy (non-hydrogen) atoms. The van der Waals surface area contributed by atoms with Gasteiger partial charge in [0, 0.05) is 45.9 Å². The van der Waals surface area contributed by atoms with E-state index in [9.17, 15) is 43.7 Å². The summed E-state index contributed by atoms with van der Waals surface area (Å²) in [6.07, 6.45) is 1.93. The molecule has 344 valence electrons. The number of primary amides is 1. The first kappa shape index (κ1) is 48.9. The Balaban J connectivity index is 1.25. The highest BCUT2D eigenvalue weighted by Crippen LogP contribution is 2.40. The van der Waals surface area contributed by atoms with Gasteiger partial charge in [-0.25, -0.2) is 4.79 Å². The zero-order valence-electron chi connectivity index (χ0n) is 36.2. The molecule has 0 fully saturated rings. The maximum Gasteiger partial charge on any atom is 0.338 e. The minimum Gasteiger partial charge on any atom is -0.485 e. The lowest BCUT2D eigenvalue weighted by atomic mass is 10.1. The van der Waals surface area contributed by atoms with E-state index in [-0.39, 0.29) is 69.6 Å². The van der Waals surface area contributed by atoms with Gasteiger partial charge in [0.05, 0.1) is 34.3 Å². The Labute approximate surface area is 383 Å². The van der Waals surface area contributed by atoms with Crippen molar-refractivity contribution in [2.75, 3.05) is 34.5 Å². The number of benzene rings is 5. The second-order valence-electron chi connectivity index (χ2n) is 14.6. The zero-order chi connectivity index (χ0) is 48.6. The van der Waals surface area contributed by atoms with E-state index in [1.165, 1.54) is 121 Å². The Morgan fingerprint density at radius 2 is 1.12 bits per heavy atom. The molecule has 0 aliphatic carbocycles. The minimum atomic E-state index is -1.41. The molecule has 0 radical (unpaired) electrons. The summed E-state index contributed by atoms with van der Waals surface area (Å²) in [5.41, 5.74) is 7.01. The average molecular weight is 912 g/mol. The molecule has 0 saturated heterocycles. The number of nitrogens with zero attached hydrogens (tertiary/aromatic N) is 1. The molecule has 7 N–H and O–H groups in total. The first-order chi connectivity index (χ1) is 32.1. The number of hydrogen-bond donors (Lipinski definition) is 6. The number of esters is 1. The Kier molecular flexibility index (Phi) is 16.8. The van der Waals surface area contributed by atoms with Gasteiger partial charge in [-0.2, -0.15) is 0 Å². The van der Waals surface area contributed by atoms with Crippen LogP contribution in [0.5, 0.6) is 11.5 Å². The highest BCUT2D eigenvalue weighted by Gasteiger charge is 2.26. The third-order valence-corrected chi connectivity index (χ3v) is 9.20. The van der Waals surface area contributed by atoms with Gasteiger partial charge in [0.25, 0.3) is 29.3 Å². The van der Waals surface area contributed by atoms with Crippen molar-refractivity contribution in [1.29, 1.82) is 0 Å². The lowest BCUT2D eigenvalue weighted by Gasteiger charge is -2.21. The number of anilines is 4. The van der Waals surface area contributed by atoms with Crippen LogP contribution < -0.4 is 41.8 Å². The molecule has 5 aromatic rings. The Hall–Kier alpha value is -9.13. The molecular weight excluding hydrogens is 867 g/mol. The Bertz CT molecular complexity index is 2680. The number of nitrogens with two attached hydrogens (primary N) is 1. The summed E-state index contributed by atoms with van der Waals surface area (Å²) in [6, 6.07) is 23.8. The van der Waals surface area contributed by atoms with Crippen LogP contribution in [0, 0.1) is 10.1 Å². The highest BCUT2D eigenvalue weighted by molar-refractivity contribution is 6.10. The molecule has 0 aliphatic rings. The number of non-ortho nitro benzene ring substituents is 1. The number of nitrogens with one attached hydrogen (secondary N) is 5. The number of amides is 6. The SMILES string of the molecule is C=CCOC(=O)c1ccc(NC(=O)c2ccc(NC(=O)c3ccc(NC(=O)C(CC(N)=O)NC(=O)c4ccc(NC(=O)c5ccc([N+](=O)[O-])cc5)cc4)cc3)c(OC(C)C)c2OCC=C)cc1. The van der Waals surface area contributed by atoms with Gasteiger partial charge in [0.2, 0.25) is 11.8 Å². The predicted molar refractivity (Wildman–Crippen MR) is 248 cm³/mol. The Morgan fingerprint density at radius 3 is 1.64 bits per heavy atom. The molecule has 1 atom stereocenters. The molecule has 0 aromatic heterocycles. The van der Waals surface area contributed by atoms with E-state index in [1.54, 1.807) is 13.8 Å². The average Bonchev–Trinajstić information content (AvgIpc) is 3.30. The number of nitro groups is 1. The first-order valence-corrected chi connectivity index (χ1v) is 20.3. The van der Waals surface area contributed by atoms with Crippen LogP contribution >= 0.6 is 0 Å². The summed E-state index contributed by atoms with van der Waals surface area (Å²) in [4.78, 5) is 101. The van der Waals surface area contributed by atoms with Gasteiger partial charge < -0.3 is 46.5 Å². The van der Waals surface area contributed by atoms with Crippen molar-refractivity contribution >= 4 is 69.8 Å². The van der Waals surface area contributed by atoms with E-state index in [1.807, 2.05) is 0 Å². The standard InChI is InChI=1S/C48H45N7O12/c1-5-25-65-41-37(46(60)51-34-19-11-32(12-20-34)48(62)66-26-6-2)23-24-38(42(41)67-28(3)4)53-44(58)29-9-17-35(18-10-29)52-47(61)39(27-40(49)56)54-45(59)30-7-15-33(16-8-30)50-43(57)31-13-21-36(22-14-31)55(63)64/h5-24,28,39H,1-2,25-27H2,3-4H3,(H2,49,56)(H,50,57)(H,51,60)(H,52,61)(H,53,58)(H,54,59). The molecule has 19 nitrogen and oxygen atoms in total. The quantitative estimate of drug-likeness (QED) is 0.0195. The number of carbonyl (C=O) groups excluding carboxylic acids is 7. The van der Waals surface area contributed by atoms with Gasteiger partial charge in [-0.3, -0.25) is 38.9 Å². The summed E-state index contributed by atoms with van der Waals surface area (Å²) in [6.45, 7) is 10.7. The lowest BCUT2D eigenvalue weighted by molar-refractivity contribution is -0.384. The van der Waals surface area contributed by atoms with Crippen LogP contribution in [-0.2, 0) is 14.3 Å². The fourth-order valence-corrected chi connectivity index (χ4v) is 6.01. The predicted octanol–water partition coefficient (Wildman–Crippen LogP) is 6.66. The summed E-state index contributed by atoms with van der Waals surface area (Å²) >= 11 is 0. The number of nitro benzene ring substituents is 1. The maximum atomic E-state index is 13.6. The number of hydrogen-bond acceptors (Lipinski definition) is 12. The minimum absolute atomic E-state index is 0.0198. The topological polar surface area (TPSA) is 276 Å². The summed E-state index contributed by atoms with van der Waals surface area (Å²) < 4.78 is 17.1. The van der Waals surface area contributed by atoms with E-state index < -0.39 is 64.9 Å². The van der Waals surface area contributed by atoms with E-state index in [4.69, 9.17) is 19.9 Å². The van der Waals surface area contributed by atoms with Crippen LogP contribution in [0.2, 0.25) is 0 Å². The molecule has 0 heterocycles. The molecule has 0 spiro atoms. The van der Waals surface area contributed by atoms with Crippen molar-refractivity contribution in [3.05, 3.63) is 172 Å². The molecule has 1 unspecified atom stereocenters. The van der Waals surface area contributed by atoms with Gasteiger partial charge in [0.1, 0.15) is 19.3 Å². The van der Waals surface area contributed by atoms with Crippen LogP contribution in [0.15, 0.2) is 135 Å². The highest BCUT2D eigenvalue weighted by atomic mass is 16.6. The fraction of sp³-hybridized carbons (Fsp3) is 0.146. The van der Waals surface area contributed by atoms with Crippen molar-refractivity contribution in [3.8, 4) is 11.5 Å². The van der Waals surface area contributed by atoms with Crippen molar-refractivity contribution in [1.82, 2.24) is 5.32 Å². The van der Waals surface area contributed by atoms with Gasteiger partial charge in [-0.15, -0.1) is 0 Å². The molecule has 5 aromatic carbocycles. The molecular formula is C48H45N7O12. The molecule has 0 aliphatic heterocycles. The summed E-state index contributed by atoms with van der Waals surface area (Å²) in [5, 5.41) is 24.1. The summed E-state index contributed by atoms with van der Waals surface area (Å²) in [5.74, 6) is -4.59. The van der Waals surface area contributed by atoms with E-state index >= 15 is 0 Å². The third-order valence-electron chi connectivity index (χ3n) is 9.20. The molecule has 19 heteroatoms. The van der Waals surface area contributed by atoms with Gasteiger partial charge in [-0.05, 0) is 111 Å². The van der Waals surface area contributed by atoms with Crippen molar-refractivity contribution in [2.24, 2.45) is 5.73 Å². The maximum absolute atomic E-state index is 13.6. The largest absolute Gasteiger partial charge is 0.485 e. The smallest absolute Gasteiger partial charge is 0.338 e. The monoisotopic (exact) mass is 911 g/mol. The second-order valence-corrected chi connectivity index (χ2v) is 14.6. The van der Waals surface area contributed by atoms with E-state index in [0.29, 0.717) is 11.4 Å². The van der Waals surface area contributed by atoms with Gasteiger partial charge >= 0.3 is 5.97 Å². The number of rotatable bonds is 21. The van der Waals surface area contributed by atoms with Crippen LogP contribution in [0.1, 0.15) is 72.1 Å². The van der Waals surface area contributed by atoms with E-state index in [0.717, 1.165) is 0 Å². The van der Waals surface area contributed by atoms with Gasteiger partial charge in [0.15, 0.2) is 11.5 Å². The van der Waals surface area contributed by atoms with Gasteiger partial charge in [-0.1, -0.05) is 25.3 Å².